The van der Waals surface area contributed by atoms with Gasteiger partial charge in [-0.05, 0) is 13.0 Å². The largest absolute Gasteiger partial charge is 0.277 e. The summed E-state index contributed by atoms with van der Waals surface area (Å²) in [6.45, 7) is 3.09. The first-order valence-electron chi connectivity index (χ1n) is 4.10. The summed E-state index contributed by atoms with van der Waals surface area (Å²) >= 11 is 1.85. The van der Waals surface area contributed by atoms with Crippen molar-refractivity contribution < 1.29 is 0 Å². The lowest BCUT2D eigenvalue weighted by molar-refractivity contribution is 1.17. The van der Waals surface area contributed by atoms with Crippen LogP contribution >= 0.6 is 11.8 Å². The molecule has 0 aromatic heterocycles. The van der Waals surface area contributed by atoms with Gasteiger partial charge in [0, 0.05) is 17.9 Å². The molecule has 12 heavy (non-hydrogen) atoms. The van der Waals surface area contributed by atoms with Crippen molar-refractivity contribution in [2.45, 2.75) is 6.92 Å². The average molecular weight is 177 g/mol. The van der Waals surface area contributed by atoms with Crippen molar-refractivity contribution in [2.75, 3.05) is 12.3 Å². The molecule has 1 aliphatic rings. The van der Waals surface area contributed by atoms with Crippen LogP contribution < -0.4 is 0 Å². The number of benzene rings is 1. The van der Waals surface area contributed by atoms with Crippen LogP contribution in [0.4, 0.5) is 0 Å². The van der Waals surface area contributed by atoms with Crippen LogP contribution in [0.15, 0.2) is 29.3 Å². The summed E-state index contributed by atoms with van der Waals surface area (Å²) in [5, 5.41) is 1.21. The SMILES string of the molecule is Cc1cccc(C2=NCCS2)c1. The Balaban J connectivity index is 2.33. The van der Waals surface area contributed by atoms with Crippen LogP contribution in [-0.2, 0) is 0 Å². The predicted molar refractivity (Wildman–Crippen MR) is 55.0 cm³/mol. The molecule has 0 atom stereocenters. The zero-order valence-electron chi connectivity index (χ0n) is 7.08. The van der Waals surface area contributed by atoms with E-state index in [9.17, 15) is 0 Å². The summed E-state index contributed by atoms with van der Waals surface area (Å²) in [4.78, 5) is 4.43. The monoisotopic (exact) mass is 177 g/mol. The molecule has 0 unspecified atom stereocenters. The number of hydrogen-bond donors (Lipinski definition) is 0. The molecule has 0 radical (unpaired) electrons. The molecular formula is C10H11NS. The second-order valence-electron chi connectivity index (χ2n) is 2.90. The lowest BCUT2D eigenvalue weighted by atomic mass is 10.1. The van der Waals surface area contributed by atoms with Crippen LogP contribution in [0.2, 0.25) is 0 Å². The van der Waals surface area contributed by atoms with E-state index < -0.39 is 0 Å². The molecule has 62 valence electrons. The second kappa shape index (κ2) is 3.31. The molecule has 0 fully saturated rings. The van der Waals surface area contributed by atoms with E-state index in [1.165, 1.54) is 16.2 Å². The van der Waals surface area contributed by atoms with E-state index in [0.717, 1.165) is 12.3 Å². The minimum atomic E-state index is 0.980. The van der Waals surface area contributed by atoms with Gasteiger partial charge in [0.25, 0.3) is 0 Å². The number of aryl methyl sites for hydroxylation is 1. The van der Waals surface area contributed by atoms with Gasteiger partial charge >= 0.3 is 0 Å². The normalized spacial score (nSPS) is 16.2. The van der Waals surface area contributed by atoms with E-state index in [0.29, 0.717) is 0 Å². The Hall–Kier alpha value is -0.760. The van der Waals surface area contributed by atoms with Crippen LogP contribution in [0.25, 0.3) is 0 Å². The number of aliphatic imine (C=N–C) groups is 1. The molecule has 0 saturated carbocycles. The average Bonchev–Trinajstić information content (AvgIpc) is 2.56. The third kappa shape index (κ3) is 1.53. The fourth-order valence-electron chi connectivity index (χ4n) is 1.29. The minimum absolute atomic E-state index is 0.980. The number of nitrogens with zero attached hydrogens (tertiary/aromatic N) is 1. The van der Waals surface area contributed by atoms with Gasteiger partial charge in [0.05, 0.1) is 5.04 Å². The van der Waals surface area contributed by atoms with Crippen molar-refractivity contribution in [3.8, 4) is 0 Å². The zero-order chi connectivity index (χ0) is 8.39. The van der Waals surface area contributed by atoms with Crippen molar-refractivity contribution in [1.82, 2.24) is 0 Å². The molecule has 0 aliphatic carbocycles. The van der Waals surface area contributed by atoms with Gasteiger partial charge in [-0.15, -0.1) is 11.8 Å². The Morgan fingerprint density at radius 2 is 2.33 bits per heavy atom. The highest BCUT2D eigenvalue weighted by molar-refractivity contribution is 8.14. The van der Waals surface area contributed by atoms with E-state index in [2.05, 4.69) is 36.2 Å². The van der Waals surface area contributed by atoms with Crippen molar-refractivity contribution in [1.29, 1.82) is 0 Å². The summed E-state index contributed by atoms with van der Waals surface area (Å²) in [6, 6.07) is 8.52. The highest BCUT2D eigenvalue weighted by atomic mass is 32.2. The number of rotatable bonds is 1. The van der Waals surface area contributed by atoms with Gasteiger partial charge in [-0.3, -0.25) is 4.99 Å². The highest BCUT2D eigenvalue weighted by Gasteiger charge is 2.08. The lowest BCUT2D eigenvalue weighted by Crippen LogP contribution is -1.91. The molecule has 0 amide bonds. The number of hydrogen-bond acceptors (Lipinski definition) is 2. The van der Waals surface area contributed by atoms with E-state index in [1.54, 1.807) is 0 Å². The van der Waals surface area contributed by atoms with Crippen LogP contribution in [0.1, 0.15) is 11.1 Å². The fourth-order valence-corrected chi connectivity index (χ4v) is 2.14. The van der Waals surface area contributed by atoms with E-state index in [1.807, 2.05) is 11.8 Å². The summed E-state index contributed by atoms with van der Waals surface area (Å²) in [5.41, 5.74) is 2.58. The van der Waals surface area contributed by atoms with Gasteiger partial charge in [-0.2, -0.15) is 0 Å². The van der Waals surface area contributed by atoms with Crippen molar-refractivity contribution >= 4 is 16.8 Å². The van der Waals surface area contributed by atoms with Crippen molar-refractivity contribution in [3.63, 3.8) is 0 Å². The van der Waals surface area contributed by atoms with Gasteiger partial charge in [-0.1, -0.05) is 23.8 Å². The topological polar surface area (TPSA) is 12.4 Å². The quantitative estimate of drug-likeness (QED) is 0.642. The third-order valence-electron chi connectivity index (χ3n) is 1.85. The molecule has 0 bridgehead atoms. The molecule has 1 aromatic carbocycles. The Kier molecular flexibility index (Phi) is 2.17. The summed E-state index contributed by atoms with van der Waals surface area (Å²) in [5.74, 6) is 1.14. The van der Waals surface area contributed by atoms with Crippen LogP contribution in [0.5, 0.6) is 0 Å². The standard InChI is InChI=1S/C10H11NS/c1-8-3-2-4-9(7-8)10-11-5-6-12-10/h2-4,7H,5-6H2,1H3. The van der Waals surface area contributed by atoms with Gasteiger partial charge in [0.1, 0.15) is 0 Å². The molecule has 1 heterocycles. The first kappa shape index (κ1) is 7.87. The molecule has 0 spiro atoms. The molecule has 1 aliphatic heterocycles. The Bertz CT molecular complexity index is 317. The fraction of sp³-hybridized carbons (Fsp3) is 0.300. The zero-order valence-corrected chi connectivity index (χ0v) is 7.90. The Morgan fingerprint density at radius 3 is 3.00 bits per heavy atom. The summed E-state index contributed by atoms with van der Waals surface area (Å²) in [6.07, 6.45) is 0. The van der Waals surface area contributed by atoms with Gasteiger partial charge in [0.2, 0.25) is 0 Å². The van der Waals surface area contributed by atoms with Crippen LogP contribution in [-0.4, -0.2) is 17.3 Å². The maximum absolute atomic E-state index is 4.43. The maximum atomic E-state index is 4.43. The molecule has 2 rings (SSSR count). The van der Waals surface area contributed by atoms with E-state index in [-0.39, 0.29) is 0 Å². The van der Waals surface area contributed by atoms with Crippen LogP contribution in [0.3, 0.4) is 0 Å². The molecule has 0 N–H and O–H groups in total. The minimum Gasteiger partial charge on any atom is -0.277 e. The smallest absolute Gasteiger partial charge is 0.0977 e. The third-order valence-corrected chi connectivity index (χ3v) is 2.88. The number of thioether (sulfide) groups is 1. The van der Waals surface area contributed by atoms with Gasteiger partial charge in [0.15, 0.2) is 0 Å². The highest BCUT2D eigenvalue weighted by Crippen LogP contribution is 2.19. The Morgan fingerprint density at radius 1 is 1.42 bits per heavy atom. The summed E-state index contributed by atoms with van der Waals surface area (Å²) < 4.78 is 0. The predicted octanol–water partition coefficient (Wildman–Crippen LogP) is 2.49. The van der Waals surface area contributed by atoms with Crippen LogP contribution in [0, 0.1) is 6.92 Å². The molecule has 1 nitrogen and oxygen atoms in total. The molecular weight excluding hydrogens is 166 g/mol. The second-order valence-corrected chi connectivity index (χ2v) is 3.99. The first-order chi connectivity index (χ1) is 5.86. The Labute approximate surface area is 76.9 Å². The van der Waals surface area contributed by atoms with E-state index in [4.69, 9.17) is 0 Å². The van der Waals surface area contributed by atoms with E-state index >= 15 is 0 Å². The molecule has 1 aromatic rings. The molecule has 2 heteroatoms. The summed E-state index contributed by atoms with van der Waals surface area (Å²) in [7, 11) is 0. The van der Waals surface area contributed by atoms with Gasteiger partial charge in [-0.25, -0.2) is 0 Å². The molecule has 0 saturated heterocycles. The van der Waals surface area contributed by atoms with Crippen molar-refractivity contribution in [3.05, 3.63) is 35.4 Å². The maximum Gasteiger partial charge on any atom is 0.0977 e. The van der Waals surface area contributed by atoms with Gasteiger partial charge < -0.3 is 0 Å². The first-order valence-corrected chi connectivity index (χ1v) is 5.09. The van der Waals surface area contributed by atoms with Crippen molar-refractivity contribution in [2.24, 2.45) is 4.99 Å². The lowest BCUT2D eigenvalue weighted by Gasteiger charge is -1.99.